The first-order chi connectivity index (χ1) is 28.3. The molecule has 0 saturated carbocycles. The maximum atomic E-state index is 5.84. The minimum atomic E-state index is 0. The van der Waals surface area contributed by atoms with Crippen molar-refractivity contribution in [3.63, 3.8) is 0 Å². The van der Waals surface area contributed by atoms with E-state index < -0.39 is 0 Å². The van der Waals surface area contributed by atoms with Crippen molar-refractivity contribution >= 4 is 62.1 Å². The molecular weight excluding hydrogens is 828 g/mol. The SMILES string of the molecule is CNc1ncc(-c2cc(NC[C@@H](C)c3ccnc4c3OCCO4)ncn2)cn1.CNc1ncc(C)cn1.C[C@H](CNc1cc(Cl)ncn1)c1ccnc2c1OCCO2.S.S. The van der Waals surface area contributed by atoms with Crippen molar-refractivity contribution in [2.45, 2.75) is 32.6 Å². The van der Waals surface area contributed by atoms with Gasteiger partial charge in [0.15, 0.2) is 11.5 Å². The Kier molecular flexibility index (Phi) is 18.3. The van der Waals surface area contributed by atoms with Gasteiger partial charge in [-0.1, -0.05) is 25.4 Å². The molecule has 8 rings (SSSR count). The highest BCUT2D eigenvalue weighted by molar-refractivity contribution is 7.59. The molecule has 0 saturated heterocycles. The van der Waals surface area contributed by atoms with Crippen LogP contribution < -0.4 is 40.2 Å². The molecule has 2 aliphatic rings. The lowest BCUT2D eigenvalue weighted by molar-refractivity contribution is 0.162. The number of halogens is 1. The fourth-order valence-corrected chi connectivity index (χ4v) is 5.76. The molecule has 0 radical (unpaired) electrons. The number of aryl methyl sites for hydroxylation is 1. The first-order valence-electron chi connectivity index (χ1n) is 18.5. The van der Waals surface area contributed by atoms with E-state index in [-0.39, 0.29) is 38.8 Å². The molecule has 0 unspecified atom stereocenters. The third-order valence-electron chi connectivity index (χ3n) is 8.66. The van der Waals surface area contributed by atoms with E-state index >= 15 is 0 Å². The summed E-state index contributed by atoms with van der Waals surface area (Å²) in [7, 11) is 3.57. The van der Waals surface area contributed by atoms with Gasteiger partial charge in [-0.2, -0.15) is 27.0 Å². The Morgan fingerprint density at radius 1 is 0.600 bits per heavy atom. The van der Waals surface area contributed by atoms with Gasteiger partial charge in [0.1, 0.15) is 55.9 Å². The van der Waals surface area contributed by atoms with Crippen LogP contribution >= 0.6 is 38.6 Å². The molecule has 2 atom stereocenters. The Morgan fingerprint density at radius 2 is 1.07 bits per heavy atom. The Labute approximate surface area is 367 Å². The minimum Gasteiger partial charge on any atom is -0.484 e. The molecule has 318 valence electrons. The van der Waals surface area contributed by atoms with Crippen LogP contribution in [0.25, 0.3) is 11.3 Å². The molecule has 6 aromatic heterocycles. The van der Waals surface area contributed by atoms with Crippen LogP contribution in [0.1, 0.15) is 42.4 Å². The predicted octanol–water partition coefficient (Wildman–Crippen LogP) is 5.92. The first-order valence-corrected chi connectivity index (χ1v) is 18.9. The summed E-state index contributed by atoms with van der Waals surface area (Å²) in [5, 5.41) is 12.7. The van der Waals surface area contributed by atoms with Gasteiger partial charge < -0.3 is 40.2 Å². The average molecular weight is 878 g/mol. The molecule has 2 aliphatic heterocycles. The van der Waals surface area contributed by atoms with Crippen LogP contribution in [-0.4, -0.2) is 103 Å². The molecular formula is C39H49ClN14O4S2. The van der Waals surface area contributed by atoms with Crippen molar-refractivity contribution in [3.05, 3.63) is 95.9 Å². The van der Waals surface area contributed by atoms with Crippen LogP contribution in [-0.2, 0) is 0 Å². The van der Waals surface area contributed by atoms with E-state index in [1.807, 2.05) is 25.1 Å². The largest absolute Gasteiger partial charge is 0.484 e. The smallest absolute Gasteiger partial charge is 0.257 e. The summed E-state index contributed by atoms with van der Waals surface area (Å²) in [5.74, 6) is 5.63. The van der Waals surface area contributed by atoms with Crippen molar-refractivity contribution in [1.29, 1.82) is 0 Å². The van der Waals surface area contributed by atoms with E-state index in [0.717, 1.165) is 45.3 Å². The second-order valence-electron chi connectivity index (χ2n) is 12.9. The van der Waals surface area contributed by atoms with Crippen LogP contribution in [0, 0.1) is 6.92 Å². The van der Waals surface area contributed by atoms with Crippen molar-refractivity contribution < 1.29 is 18.9 Å². The van der Waals surface area contributed by atoms with Crippen molar-refractivity contribution in [3.8, 4) is 34.5 Å². The lowest BCUT2D eigenvalue weighted by atomic mass is 10.0. The molecule has 0 aliphatic carbocycles. The van der Waals surface area contributed by atoms with E-state index in [2.05, 4.69) is 85.0 Å². The summed E-state index contributed by atoms with van der Waals surface area (Å²) < 4.78 is 22.5. The summed E-state index contributed by atoms with van der Waals surface area (Å²) in [6.45, 7) is 9.69. The first kappa shape index (κ1) is 46.7. The summed E-state index contributed by atoms with van der Waals surface area (Å²) in [6.07, 6.45) is 13.5. The second kappa shape index (κ2) is 23.6. The number of rotatable bonds is 11. The summed E-state index contributed by atoms with van der Waals surface area (Å²) in [5.41, 5.74) is 4.78. The van der Waals surface area contributed by atoms with E-state index in [1.165, 1.54) is 12.7 Å². The van der Waals surface area contributed by atoms with Crippen LogP contribution in [0.15, 0.2) is 74.1 Å². The zero-order chi connectivity index (χ0) is 40.7. The Bertz CT molecular complexity index is 2230. The van der Waals surface area contributed by atoms with Crippen LogP contribution in [0.5, 0.6) is 23.3 Å². The van der Waals surface area contributed by atoms with Crippen molar-refractivity contribution in [1.82, 2.24) is 49.8 Å². The Morgan fingerprint density at radius 3 is 1.57 bits per heavy atom. The third kappa shape index (κ3) is 13.0. The number of aromatic nitrogens is 10. The highest BCUT2D eigenvalue weighted by Crippen LogP contribution is 2.37. The fourth-order valence-electron chi connectivity index (χ4n) is 5.61. The van der Waals surface area contributed by atoms with E-state index in [0.29, 0.717) is 74.1 Å². The molecule has 6 aromatic rings. The minimum absolute atomic E-state index is 0. The Hall–Kier alpha value is -5.99. The van der Waals surface area contributed by atoms with E-state index in [4.69, 9.17) is 30.5 Å². The number of hydrogen-bond donors (Lipinski definition) is 4. The van der Waals surface area contributed by atoms with Gasteiger partial charge in [0.2, 0.25) is 11.9 Å². The predicted molar refractivity (Wildman–Crippen MR) is 241 cm³/mol. The lowest BCUT2D eigenvalue weighted by Crippen LogP contribution is -2.19. The fraction of sp³-hybridized carbons (Fsp3) is 0.333. The van der Waals surface area contributed by atoms with Crippen molar-refractivity contribution in [2.75, 3.05) is 74.9 Å². The number of hydrogen-bond acceptors (Lipinski definition) is 18. The van der Waals surface area contributed by atoms with Gasteiger partial charge in [0.05, 0.1) is 5.69 Å². The Balaban J connectivity index is 0.000000219. The second-order valence-corrected chi connectivity index (χ2v) is 13.3. The molecule has 21 heteroatoms. The number of nitrogens with zero attached hydrogens (tertiary/aromatic N) is 10. The molecule has 0 amide bonds. The van der Waals surface area contributed by atoms with Gasteiger partial charge in [-0.25, -0.2) is 49.8 Å². The molecule has 0 bridgehead atoms. The highest BCUT2D eigenvalue weighted by atomic mass is 35.5. The van der Waals surface area contributed by atoms with Gasteiger partial charge in [0, 0.05) is 105 Å². The number of nitrogens with one attached hydrogen (secondary N) is 4. The van der Waals surface area contributed by atoms with Crippen LogP contribution in [0.4, 0.5) is 23.5 Å². The molecule has 0 fully saturated rings. The average Bonchev–Trinajstić information content (AvgIpc) is 3.28. The van der Waals surface area contributed by atoms with Gasteiger partial charge >= 0.3 is 0 Å². The number of ether oxygens (including phenoxy) is 4. The molecule has 8 heterocycles. The van der Waals surface area contributed by atoms with Crippen LogP contribution in [0.3, 0.4) is 0 Å². The standard InChI is InChI=1S/C19H21N7O2.C14H15ClN4O2.C6H9N3.2H2S/c1-12(14-3-4-21-18-17(14)27-5-6-28-18)8-22-16-7-15(25-11-26-16)13-9-23-19(20-2)24-10-13;1-9(7-17-12-6-11(15)18-8-19-12)10-2-3-16-14-13(10)20-4-5-21-14;1-5-3-8-6(7-2)9-4-5;;/h3-4,7,9-12H,5-6,8H2,1-2H3,(H,20,23,24)(H,22,25,26);2-3,6,8-9H,4-5,7H2,1H3,(H,17,18,19);3-4H,1-2H3,(H,7,8,9);2*1H2/t12-;9-;;;/m11.../s1. The van der Waals surface area contributed by atoms with E-state index in [9.17, 15) is 0 Å². The third-order valence-corrected chi connectivity index (χ3v) is 8.87. The maximum Gasteiger partial charge on any atom is 0.257 e. The van der Waals surface area contributed by atoms with Gasteiger partial charge in [0.25, 0.3) is 11.8 Å². The maximum absolute atomic E-state index is 5.84. The molecule has 0 spiro atoms. The van der Waals surface area contributed by atoms with Crippen molar-refractivity contribution in [2.24, 2.45) is 0 Å². The van der Waals surface area contributed by atoms with E-state index in [1.54, 1.807) is 57.3 Å². The number of anilines is 4. The lowest BCUT2D eigenvalue weighted by Gasteiger charge is -2.22. The molecule has 4 N–H and O–H groups in total. The normalized spacial score (nSPS) is 12.8. The monoisotopic (exact) mass is 876 g/mol. The van der Waals surface area contributed by atoms with Crippen LogP contribution in [0.2, 0.25) is 5.15 Å². The molecule has 60 heavy (non-hydrogen) atoms. The van der Waals surface area contributed by atoms with Gasteiger partial charge in [-0.05, 0) is 24.6 Å². The summed E-state index contributed by atoms with van der Waals surface area (Å²) >= 11 is 5.84. The van der Waals surface area contributed by atoms with Gasteiger partial charge in [-0.15, -0.1) is 0 Å². The zero-order valence-electron chi connectivity index (χ0n) is 33.8. The zero-order valence-corrected chi connectivity index (χ0v) is 36.6. The molecule has 0 aromatic carbocycles. The molecule has 18 nitrogen and oxygen atoms in total. The quantitative estimate of drug-likeness (QED) is 0.111. The summed E-state index contributed by atoms with van der Waals surface area (Å²) in [4.78, 5) is 41.4. The number of pyridine rings is 2. The topological polar surface area (TPSA) is 214 Å². The highest BCUT2D eigenvalue weighted by Gasteiger charge is 2.22. The van der Waals surface area contributed by atoms with Gasteiger partial charge in [-0.3, -0.25) is 0 Å². The number of fused-ring (bicyclic) bond motifs is 2. The summed E-state index contributed by atoms with van der Waals surface area (Å²) in [6, 6.07) is 7.49.